The highest BCUT2D eigenvalue weighted by molar-refractivity contribution is 7.22. The van der Waals surface area contributed by atoms with Gasteiger partial charge in [0, 0.05) is 67.5 Å². The van der Waals surface area contributed by atoms with Crippen LogP contribution in [0, 0.1) is 0 Å². The SMILES string of the molecule is CCNC(=O)NC1CCN(Cc2ccc(-c3cc4nccc(Oc5ccc6oc(Nc7ccc(Cl)cc7)nc6c5)c4s3)nc2)CC1. The second-order valence-corrected chi connectivity index (χ2v) is 12.6. The minimum Gasteiger partial charge on any atom is -0.456 e. The number of thiophene rings is 1. The van der Waals surface area contributed by atoms with E-state index in [0.717, 1.165) is 64.5 Å². The third-order valence-corrected chi connectivity index (χ3v) is 9.21. The molecule has 12 heteroatoms. The summed E-state index contributed by atoms with van der Waals surface area (Å²) in [5.74, 6) is 1.36. The number of aromatic nitrogens is 3. The molecule has 5 heterocycles. The molecule has 2 aromatic carbocycles. The fourth-order valence-corrected chi connectivity index (χ4v) is 6.65. The summed E-state index contributed by atoms with van der Waals surface area (Å²) in [5.41, 5.74) is 5.06. The molecule has 0 saturated carbocycles. The summed E-state index contributed by atoms with van der Waals surface area (Å²) in [5, 5.41) is 9.69. The van der Waals surface area contributed by atoms with E-state index < -0.39 is 0 Å². The lowest BCUT2D eigenvalue weighted by molar-refractivity contribution is 0.186. The average Bonchev–Trinajstić information content (AvgIpc) is 3.68. The molecule has 7 rings (SSSR count). The number of nitrogens with zero attached hydrogens (tertiary/aromatic N) is 4. The lowest BCUT2D eigenvalue weighted by Crippen LogP contribution is -2.47. The Labute approximate surface area is 274 Å². The van der Waals surface area contributed by atoms with Crippen molar-refractivity contribution >= 4 is 62.0 Å². The minimum absolute atomic E-state index is 0.0816. The van der Waals surface area contributed by atoms with Crippen molar-refractivity contribution < 1.29 is 13.9 Å². The first-order chi connectivity index (χ1) is 22.5. The summed E-state index contributed by atoms with van der Waals surface area (Å²) in [7, 11) is 0. The lowest BCUT2D eigenvalue weighted by atomic mass is 10.0. The molecule has 2 amide bonds. The molecule has 1 aliphatic rings. The zero-order valence-electron chi connectivity index (χ0n) is 25.1. The van der Waals surface area contributed by atoms with Crippen molar-refractivity contribution in [2.75, 3.05) is 25.0 Å². The van der Waals surface area contributed by atoms with Gasteiger partial charge in [-0.2, -0.15) is 4.98 Å². The molecule has 0 spiro atoms. The third kappa shape index (κ3) is 6.91. The largest absolute Gasteiger partial charge is 0.456 e. The maximum absolute atomic E-state index is 11.8. The summed E-state index contributed by atoms with van der Waals surface area (Å²) >= 11 is 7.59. The van der Waals surface area contributed by atoms with Crippen LogP contribution in [-0.2, 0) is 6.54 Å². The monoisotopic (exact) mass is 653 g/mol. The third-order valence-electron chi connectivity index (χ3n) is 7.80. The van der Waals surface area contributed by atoms with Crippen LogP contribution in [0.2, 0.25) is 5.02 Å². The molecule has 234 valence electrons. The molecule has 3 N–H and O–H groups in total. The molecule has 0 radical (unpaired) electrons. The first kappa shape index (κ1) is 30.0. The summed E-state index contributed by atoms with van der Waals surface area (Å²) < 4.78 is 13.1. The van der Waals surface area contributed by atoms with E-state index in [1.54, 1.807) is 29.7 Å². The van der Waals surface area contributed by atoms with Gasteiger partial charge in [-0.3, -0.25) is 14.9 Å². The molecule has 0 aliphatic carbocycles. The first-order valence-corrected chi connectivity index (χ1v) is 16.4. The van der Waals surface area contributed by atoms with Crippen molar-refractivity contribution in [2.45, 2.75) is 32.4 Å². The normalized spacial score (nSPS) is 14.0. The van der Waals surface area contributed by atoms with E-state index in [9.17, 15) is 4.79 Å². The number of hydrogen-bond donors (Lipinski definition) is 3. The number of ether oxygens (including phenoxy) is 1. The second kappa shape index (κ2) is 13.3. The Kier molecular flexibility index (Phi) is 8.69. The molecule has 6 aromatic rings. The van der Waals surface area contributed by atoms with Gasteiger partial charge in [-0.25, -0.2) is 4.79 Å². The van der Waals surface area contributed by atoms with Gasteiger partial charge in [0.25, 0.3) is 6.01 Å². The smallest absolute Gasteiger partial charge is 0.314 e. The Morgan fingerprint density at radius 3 is 2.67 bits per heavy atom. The summed E-state index contributed by atoms with van der Waals surface area (Å²) in [6, 6.07) is 21.6. The Bertz CT molecular complexity index is 1970. The Balaban J connectivity index is 1.01. The number of likely N-dealkylation sites (tertiary alicyclic amines) is 1. The molecule has 0 atom stereocenters. The van der Waals surface area contributed by atoms with E-state index in [1.165, 1.54) is 0 Å². The quantitative estimate of drug-likeness (QED) is 0.144. The number of benzene rings is 2. The van der Waals surface area contributed by atoms with Crippen LogP contribution in [-0.4, -0.2) is 51.6 Å². The van der Waals surface area contributed by atoms with Crippen LogP contribution in [0.4, 0.5) is 16.5 Å². The van der Waals surface area contributed by atoms with Crippen molar-refractivity contribution in [3.05, 3.63) is 89.7 Å². The lowest BCUT2D eigenvalue weighted by Gasteiger charge is -2.32. The number of amides is 2. The van der Waals surface area contributed by atoms with E-state index in [4.69, 9.17) is 25.7 Å². The fourth-order valence-electron chi connectivity index (χ4n) is 5.48. The summed E-state index contributed by atoms with van der Waals surface area (Å²) in [6.45, 7) is 5.27. The maximum atomic E-state index is 11.8. The molecule has 1 saturated heterocycles. The Morgan fingerprint density at radius 2 is 1.89 bits per heavy atom. The number of rotatable bonds is 9. The van der Waals surface area contributed by atoms with Gasteiger partial charge < -0.3 is 25.1 Å². The molecule has 0 bridgehead atoms. The summed E-state index contributed by atoms with van der Waals surface area (Å²) in [4.78, 5) is 29.2. The number of pyridine rings is 2. The van der Waals surface area contributed by atoms with Gasteiger partial charge >= 0.3 is 6.03 Å². The number of piperidine rings is 1. The molecular formula is C34H32ClN7O3S. The van der Waals surface area contributed by atoms with Gasteiger partial charge in [0.2, 0.25) is 0 Å². The number of urea groups is 1. The molecule has 10 nitrogen and oxygen atoms in total. The van der Waals surface area contributed by atoms with E-state index in [0.29, 0.717) is 40.2 Å². The molecular weight excluding hydrogens is 622 g/mol. The zero-order valence-corrected chi connectivity index (χ0v) is 26.7. The van der Waals surface area contributed by atoms with Crippen LogP contribution in [0.25, 0.3) is 31.9 Å². The number of fused-ring (bicyclic) bond motifs is 2. The highest BCUT2D eigenvalue weighted by atomic mass is 35.5. The van der Waals surface area contributed by atoms with Crippen LogP contribution < -0.4 is 20.7 Å². The van der Waals surface area contributed by atoms with E-state index in [1.807, 2.05) is 49.5 Å². The van der Waals surface area contributed by atoms with E-state index in [2.05, 4.69) is 49.0 Å². The Morgan fingerprint density at radius 1 is 1.04 bits per heavy atom. The van der Waals surface area contributed by atoms with Crippen LogP contribution in [0.1, 0.15) is 25.3 Å². The van der Waals surface area contributed by atoms with Gasteiger partial charge in [0.15, 0.2) is 5.58 Å². The first-order valence-electron chi connectivity index (χ1n) is 15.2. The van der Waals surface area contributed by atoms with Crippen molar-refractivity contribution in [3.63, 3.8) is 0 Å². The van der Waals surface area contributed by atoms with Gasteiger partial charge in [-0.1, -0.05) is 17.7 Å². The topological polar surface area (TPSA) is 117 Å². The molecule has 0 unspecified atom stereocenters. The maximum Gasteiger partial charge on any atom is 0.314 e. The predicted molar refractivity (Wildman–Crippen MR) is 182 cm³/mol. The van der Waals surface area contributed by atoms with Crippen LogP contribution >= 0.6 is 22.9 Å². The number of carbonyl (C=O) groups is 1. The van der Waals surface area contributed by atoms with E-state index >= 15 is 0 Å². The van der Waals surface area contributed by atoms with Gasteiger partial charge in [-0.15, -0.1) is 11.3 Å². The van der Waals surface area contributed by atoms with Crippen LogP contribution in [0.5, 0.6) is 11.5 Å². The summed E-state index contributed by atoms with van der Waals surface area (Å²) in [6.07, 6.45) is 5.59. The Hall–Kier alpha value is -4.71. The predicted octanol–water partition coefficient (Wildman–Crippen LogP) is 7.97. The number of halogens is 1. The van der Waals surface area contributed by atoms with Crippen LogP contribution in [0.15, 0.2) is 83.5 Å². The standard InChI is InChI=1S/C34H32ClN7O3S/c1-2-36-33(43)39-24-12-15-42(16-13-24)20-21-3-9-26(38-19-21)31-18-28-32(46-31)30(11-14-37-28)44-25-8-10-29-27(17-25)41-34(45-29)40-23-6-4-22(35)5-7-23/h3-11,14,17-19,24H,2,12-13,15-16,20H2,1H3,(H,40,41)(H2,36,39,43). The van der Waals surface area contributed by atoms with Crippen LogP contribution in [0.3, 0.4) is 0 Å². The number of nitrogens with one attached hydrogen (secondary N) is 3. The van der Waals surface area contributed by atoms with Crippen molar-refractivity contribution in [1.29, 1.82) is 0 Å². The number of oxazole rings is 1. The van der Waals surface area contributed by atoms with Gasteiger partial charge in [-0.05, 0) is 73.9 Å². The molecule has 4 aromatic heterocycles. The molecule has 1 fully saturated rings. The zero-order chi connectivity index (χ0) is 31.5. The van der Waals surface area contributed by atoms with Gasteiger partial charge in [0.1, 0.15) is 17.0 Å². The minimum atomic E-state index is -0.0816. The van der Waals surface area contributed by atoms with Crippen molar-refractivity contribution in [1.82, 2.24) is 30.5 Å². The molecule has 1 aliphatic heterocycles. The van der Waals surface area contributed by atoms with Crippen molar-refractivity contribution in [2.24, 2.45) is 0 Å². The number of carbonyl (C=O) groups excluding carboxylic acids is 1. The highest BCUT2D eigenvalue weighted by Gasteiger charge is 2.21. The highest BCUT2D eigenvalue weighted by Crippen LogP contribution is 2.39. The van der Waals surface area contributed by atoms with Gasteiger partial charge in [0.05, 0.1) is 20.8 Å². The molecule has 46 heavy (non-hydrogen) atoms. The van der Waals surface area contributed by atoms with Crippen molar-refractivity contribution in [3.8, 4) is 22.1 Å². The fraction of sp³-hybridized carbons (Fsp3) is 0.235. The average molecular weight is 654 g/mol. The number of hydrogen-bond acceptors (Lipinski definition) is 9. The number of anilines is 2. The second-order valence-electron chi connectivity index (χ2n) is 11.1. The van der Waals surface area contributed by atoms with E-state index in [-0.39, 0.29) is 12.1 Å².